The van der Waals surface area contributed by atoms with Gasteiger partial charge in [-0.05, 0) is 18.2 Å². The topological polar surface area (TPSA) is 46.6 Å². The molecule has 0 spiro atoms. The van der Waals surface area contributed by atoms with E-state index in [0.717, 1.165) is 30.6 Å². The van der Waals surface area contributed by atoms with Gasteiger partial charge >= 0.3 is 0 Å². The van der Waals surface area contributed by atoms with Crippen LogP contribution in [0, 0.1) is 0 Å². The molecule has 0 aliphatic rings. The Balaban J connectivity index is 2.65. The Morgan fingerprint density at radius 1 is 1.19 bits per heavy atom. The van der Waals surface area contributed by atoms with Crippen molar-refractivity contribution in [1.82, 2.24) is 4.47 Å². The molecule has 1 aromatic carbocycles. The zero-order valence-electron chi connectivity index (χ0n) is 12.8. The highest BCUT2D eigenvalue weighted by Crippen LogP contribution is 2.13. The molecule has 0 aliphatic heterocycles. The monoisotopic (exact) mass is 331 g/mol. The first-order valence-electron chi connectivity index (χ1n) is 7.26. The van der Waals surface area contributed by atoms with Gasteiger partial charge < -0.3 is 0 Å². The maximum atomic E-state index is 12.5. The van der Waals surface area contributed by atoms with E-state index in [0.29, 0.717) is 13.2 Å². The fourth-order valence-corrected chi connectivity index (χ4v) is 3.65. The first-order chi connectivity index (χ1) is 10.1. The first kappa shape index (κ1) is 18.5. The van der Waals surface area contributed by atoms with Crippen LogP contribution in [-0.4, -0.2) is 38.0 Å². The van der Waals surface area contributed by atoms with Crippen molar-refractivity contribution in [3.8, 4) is 0 Å². The van der Waals surface area contributed by atoms with Gasteiger partial charge in [-0.25, -0.2) is 8.42 Å². The number of rotatable bonds is 11. The van der Waals surface area contributed by atoms with Crippen molar-refractivity contribution in [2.45, 2.75) is 31.9 Å². The van der Waals surface area contributed by atoms with Gasteiger partial charge in [0, 0.05) is 12.3 Å². The number of hydrogen-bond acceptors (Lipinski definition) is 4. The van der Waals surface area contributed by atoms with Gasteiger partial charge in [0.15, 0.2) is 0 Å². The van der Waals surface area contributed by atoms with Gasteiger partial charge in [-0.3, -0.25) is 4.84 Å². The van der Waals surface area contributed by atoms with Crippen LogP contribution in [-0.2, 0) is 20.6 Å². The molecule has 0 saturated carbocycles. The molecule has 0 aliphatic carbocycles. The minimum Gasteiger partial charge on any atom is -0.284 e. The lowest BCUT2D eigenvalue weighted by atomic mass is 10.2. The van der Waals surface area contributed by atoms with Crippen molar-refractivity contribution in [2.75, 3.05) is 25.2 Å². The number of hydroxylamine groups is 1. The molecule has 0 amide bonds. The minimum absolute atomic E-state index is 0.0179. The van der Waals surface area contributed by atoms with Crippen LogP contribution in [0.4, 0.5) is 0 Å². The van der Waals surface area contributed by atoms with Crippen LogP contribution in [0.1, 0.15) is 31.7 Å². The Hall–Kier alpha value is -0.560. The number of nitrogens with zero attached hydrogens (tertiary/aromatic N) is 1. The molecule has 120 valence electrons. The third-order valence-electron chi connectivity index (χ3n) is 2.96. The second kappa shape index (κ2) is 10.2. The summed E-state index contributed by atoms with van der Waals surface area (Å²) in [6.07, 6.45) is 4.98. The molecule has 21 heavy (non-hydrogen) atoms. The van der Waals surface area contributed by atoms with Crippen molar-refractivity contribution in [3.05, 3.63) is 35.9 Å². The maximum Gasteiger partial charge on any atom is 0.240 e. The summed E-state index contributed by atoms with van der Waals surface area (Å²) in [6, 6.07) is 9.21. The summed E-state index contributed by atoms with van der Waals surface area (Å²) in [7, 11) is -3.44. The molecular weight excluding hydrogens is 306 g/mol. The van der Waals surface area contributed by atoms with Crippen molar-refractivity contribution in [3.63, 3.8) is 0 Å². The Bertz CT molecular complexity index is 477. The molecule has 0 heterocycles. The third kappa shape index (κ3) is 7.31. The molecule has 1 rings (SSSR count). The van der Waals surface area contributed by atoms with Gasteiger partial charge in [-0.1, -0.05) is 54.6 Å². The van der Waals surface area contributed by atoms with Gasteiger partial charge in [0.05, 0.1) is 12.4 Å². The van der Waals surface area contributed by atoms with Gasteiger partial charge in [-0.15, -0.1) is 0 Å². The zero-order valence-corrected chi connectivity index (χ0v) is 14.5. The summed E-state index contributed by atoms with van der Waals surface area (Å²) in [4.78, 5) is 5.52. The molecule has 0 bridgehead atoms. The highest BCUT2D eigenvalue weighted by Gasteiger charge is 2.23. The van der Waals surface area contributed by atoms with Crippen molar-refractivity contribution >= 4 is 21.8 Å². The van der Waals surface area contributed by atoms with E-state index in [1.165, 1.54) is 4.47 Å². The molecule has 6 heteroatoms. The summed E-state index contributed by atoms with van der Waals surface area (Å²) >= 11 is 1.61. The standard InChI is InChI=1S/C15H25NO3S2/c1-3-4-8-12-19-16(11-13-20-2)21(17,18)14-15-9-6-5-7-10-15/h5-7,9-10H,3-4,8,11-14H2,1-2H3. The molecule has 4 nitrogen and oxygen atoms in total. The second-order valence-electron chi connectivity index (χ2n) is 4.80. The van der Waals surface area contributed by atoms with E-state index in [-0.39, 0.29) is 5.75 Å². The lowest BCUT2D eigenvalue weighted by Crippen LogP contribution is -2.34. The van der Waals surface area contributed by atoms with E-state index in [2.05, 4.69) is 6.92 Å². The molecule has 0 saturated heterocycles. The lowest BCUT2D eigenvalue weighted by molar-refractivity contribution is -0.0815. The third-order valence-corrected chi connectivity index (χ3v) is 5.16. The lowest BCUT2D eigenvalue weighted by Gasteiger charge is -2.21. The smallest absolute Gasteiger partial charge is 0.240 e. The van der Waals surface area contributed by atoms with Crippen LogP contribution in [0.15, 0.2) is 30.3 Å². The predicted molar refractivity (Wildman–Crippen MR) is 89.6 cm³/mol. The number of benzene rings is 1. The van der Waals surface area contributed by atoms with E-state index in [4.69, 9.17) is 4.84 Å². The van der Waals surface area contributed by atoms with Gasteiger partial charge in [0.2, 0.25) is 10.0 Å². The summed E-state index contributed by atoms with van der Waals surface area (Å²) in [5, 5.41) is 0. The maximum absolute atomic E-state index is 12.5. The quantitative estimate of drug-likeness (QED) is 0.461. The van der Waals surface area contributed by atoms with Crippen LogP contribution in [0.5, 0.6) is 0 Å². The number of sulfonamides is 1. The Labute approximate surface area is 132 Å². The minimum atomic E-state index is -3.44. The van der Waals surface area contributed by atoms with Crippen molar-refractivity contribution in [2.24, 2.45) is 0 Å². The molecule has 0 atom stereocenters. The molecular formula is C15H25NO3S2. The van der Waals surface area contributed by atoms with Gasteiger partial charge in [-0.2, -0.15) is 11.8 Å². The van der Waals surface area contributed by atoms with Crippen LogP contribution < -0.4 is 0 Å². The predicted octanol–water partition coefficient (Wildman–Crippen LogP) is 3.30. The van der Waals surface area contributed by atoms with Crippen LogP contribution in [0.3, 0.4) is 0 Å². The largest absolute Gasteiger partial charge is 0.284 e. The molecule has 0 unspecified atom stereocenters. The van der Waals surface area contributed by atoms with Crippen LogP contribution in [0.25, 0.3) is 0 Å². The highest BCUT2D eigenvalue weighted by molar-refractivity contribution is 7.98. The second-order valence-corrected chi connectivity index (χ2v) is 7.65. The van der Waals surface area contributed by atoms with E-state index in [1.54, 1.807) is 11.8 Å². The van der Waals surface area contributed by atoms with Crippen LogP contribution >= 0.6 is 11.8 Å². The van der Waals surface area contributed by atoms with E-state index in [9.17, 15) is 8.42 Å². The van der Waals surface area contributed by atoms with E-state index >= 15 is 0 Å². The summed E-state index contributed by atoms with van der Waals surface area (Å²) in [5.41, 5.74) is 0.781. The summed E-state index contributed by atoms with van der Waals surface area (Å²) in [6.45, 7) is 2.95. The molecule has 0 radical (unpaired) electrons. The first-order valence-corrected chi connectivity index (χ1v) is 10.3. The fourth-order valence-electron chi connectivity index (χ4n) is 1.83. The van der Waals surface area contributed by atoms with Crippen molar-refractivity contribution in [1.29, 1.82) is 0 Å². The molecule has 0 fully saturated rings. The zero-order chi connectivity index (χ0) is 15.6. The summed E-state index contributed by atoms with van der Waals surface area (Å²) < 4.78 is 26.1. The Morgan fingerprint density at radius 2 is 1.90 bits per heavy atom. The average molecular weight is 332 g/mol. The van der Waals surface area contributed by atoms with E-state index in [1.807, 2.05) is 36.6 Å². The highest BCUT2D eigenvalue weighted by atomic mass is 32.2. The van der Waals surface area contributed by atoms with Crippen molar-refractivity contribution < 1.29 is 13.3 Å². The Kier molecular flexibility index (Phi) is 8.99. The van der Waals surface area contributed by atoms with E-state index < -0.39 is 10.0 Å². The summed E-state index contributed by atoms with van der Waals surface area (Å²) in [5.74, 6) is 0.706. The molecule has 0 aromatic heterocycles. The normalized spacial score (nSPS) is 12.0. The Morgan fingerprint density at radius 3 is 2.52 bits per heavy atom. The van der Waals surface area contributed by atoms with Gasteiger partial charge in [0.1, 0.15) is 0 Å². The number of hydrogen-bond donors (Lipinski definition) is 0. The van der Waals surface area contributed by atoms with Crippen LogP contribution in [0.2, 0.25) is 0 Å². The SMILES string of the molecule is CCCCCON(CCSC)S(=O)(=O)Cc1ccccc1. The number of unbranched alkanes of at least 4 members (excludes halogenated alkanes) is 2. The fraction of sp³-hybridized carbons (Fsp3) is 0.600. The molecule has 1 aromatic rings. The average Bonchev–Trinajstić information content (AvgIpc) is 2.47. The van der Waals surface area contributed by atoms with Gasteiger partial charge in [0.25, 0.3) is 0 Å². The molecule has 0 N–H and O–H groups in total. The number of thioether (sulfide) groups is 1.